The number of fused-ring (bicyclic) bond motifs is 1. The quantitative estimate of drug-likeness (QED) is 0.360. The van der Waals surface area contributed by atoms with Gasteiger partial charge in [-0.25, -0.2) is 9.78 Å². The van der Waals surface area contributed by atoms with Crippen molar-refractivity contribution in [1.29, 1.82) is 0 Å². The molecule has 3 aromatic rings. The molecule has 182 valence electrons. The molecule has 0 saturated carbocycles. The molecule has 5 rings (SSSR count). The van der Waals surface area contributed by atoms with Crippen molar-refractivity contribution in [2.45, 2.75) is 38.1 Å². The lowest BCUT2D eigenvalue weighted by Crippen LogP contribution is -2.41. The maximum Gasteiger partial charge on any atom is 0.513 e. The summed E-state index contributed by atoms with van der Waals surface area (Å²) in [6.45, 7) is 0.755. The van der Waals surface area contributed by atoms with Crippen LogP contribution in [-0.4, -0.2) is 46.6 Å². The fourth-order valence-electron chi connectivity index (χ4n) is 5.03. The van der Waals surface area contributed by atoms with Gasteiger partial charge in [-0.1, -0.05) is 35.3 Å². The van der Waals surface area contributed by atoms with Crippen LogP contribution in [0.5, 0.6) is 5.75 Å². The van der Waals surface area contributed by atoms with Crippen LogP contribution in [-0.2, 0) is 28.8 Å². The van der Waals surface area contributed by atoms with Crippen LogP contribution in [0, 0.1) is 5.92 Å². The van der Waals surface area contributed by atoms with Crippen molar-refractivity contribution in [2.75, 3.05) is 13.7 Å². The summed E-state index contributed by atoms with van der Waals surface area (Å²) in [5.74, 6) is 0.421. The van der Waals surface area contributed by atoms with Crippen molar-refractivity contribution < 1.29 is 19.1 Å². The zero-order valence-corrected chi connectivity index (χ0v) is 20.7. The maximum atomic E-state index is 13.3. The summed E-state index contributed by atoms with van der Waals surface area (Å²) in [5.41, 5.74) is 4.77. The number of imidazole rings is 1. The Labute approximate surface area is 213 Å². The van der Waals surface area contributed by atoms with Gasteiger partial charge in [-0.3, -0.25) is 4.79 Å². The number of halogens is 2. The molecule has 1 aromatic heterocycles. The normalized spacial score (nSPS) is 19.5. The molecule has 1 N–H and O–H groups in total. The Morgan fingerprint density at radius 2 is 1.89 bits per heavy atom. The van der Waals surface area contributed by atoms with E-state index in [4.69, 9.17) is 27.9 Å². The molecule has 1 saturated heterocycles. The molecule has 1 amide bonds. The van der Waals surface area contributed by atoms with Gasteiger partial charge >= 0.3 is 6.16 Å². The minimum Gasteiger partial charge on any atom is -0.437 e. The second kappa shape index (κ2) is 9.91. The third kappa shape index (κ3) is 4.88. The lowest BCUT2D eigenvalue weighted by molar-refractivity contribution is -0.133. The van der Waals surface area contributed by atoms with Crippen molar-refractivity contribution in [3.63, 3.8) is 0 Å². The molecular weight excluding hydrogens is 489 g/mol. The molecule has 2 aliphatic rings. The second-order valence-corrected chi connectivity index (χ2v) is 9.76. The number of likely N-dealkylation sites (tertiary alicyclic amines) is 1. The number of aromatic amines is 1. The molecule has 35 heavy (non-hydrogen) atoms. The third-order valence-electron chi connectivity index (χ3n) is 6.90. The van der Waals surface area contributed by atoms with E-state index in [1.165, 1.54) is 7.11 Å². The van der Waals surface area contributed by atoms with E-state index in [1.807, 2.05) is 29.2 Å². The first-order chi connectivity index (χ1) is 16.9. The number of carbonyl (C=O) groups excluding carboxylic acids is 2. The number of methoxy groups -OCH3 is 1. The maximum absolute atomic E-state index is 13.3. The number of nitrogens with one attached hydrogen (secondary N) is 1. The summed E-state index contributed by atoms with van der Waals surface area (Å²) in [6, 6.07) is 10.9. The molecule has 0 radical (unpaired) electrons. The van der Waals surface area contributed by atoms with E-state index in [0.29, 0.717) is 22.2 Å². The molecule has 1 aliphatic heterocycles. The lowest BCUT2D eigenvalue weighted by Gasteiger charge is -2.31. The monoisotopic (exact) mass is 513 g/mol. The summed E-state index contributed by atoms with van der Waals surface area (Å²) in [6.07, 6.45) is 4.93. The average Bonchev–Trinajstić information content (AvgIpc) is 3.47. The van der Waals surface area contributed by atoms with E-state index >= 15 is 0 Å². The number of rotatable bonds is 5. The number of hydrogen-bond donors (Lipinski definition) is 1. The molecular formula is C26H25Cl2N3O4. The Hall–Kier alpha value is -3.03. The summed E-state index contributed by atoms with van der Waals surface area (Å²) in [5, 5.41) is 1.07. The number of aryl methyl sites for hydroxylation is 1. The highest BCUT2D eigenvalue weighted by Crippen LogP contribution is 2.36. The van der Waals surface area contributed by atoms with Gasteiger partial charge in [-0.05, 0) is 66.6 Å². The highest BCUT2D eigenvalue weighted by atomic mass is 35.5. The number of hydrogen-bond acceptors (Lipinski definition) is 5. The molecule has 7 nitrogen and oxygen atoms in total. The van der Waals surface area contributed by atoms with Gasteiger partial charge in [-0.15, -0.1) is 0 Å². The van der Waals surface area contributed by atoms with Gasteiger partial charge in [0.2, 0.25) is 5.91 Å². The molecule has 0 spiro atoms. The molecule has 2 aromatic carbocycles. The zero-order chi connectivity index (χ0) is 24.5. The third-order valence-corrected chi connectivity index (χ3v) is 7.57. The van der Waals surface area contributed by atoms with Crippen molar-refractivity contribution in [3.05, 3.63) is 69.7 Å². The van der Waals surface area contributed by atoms with Gasteiger partial charge in [0, 0.05) is 40.7 Å². The Balaban J connectivity index is 1.27. The predicted octanol–water partition coefficient (Wildman–Crippen LogP) is 5.48. The smallest absolute Gasteiger partial charge is 0.437 e. The fraction of sp³-hybridized carbons (Fsp3) is 0.346. The standard InChI is InChI=1S/C26H25Cl2N3O4/c1-34-26(33)35-19-5-2-15(3-6-19)17-11-21(27)20(22(28)12-17)10-16-8-9-31(25(16)32)18-4-7-23-24(13-18)30-14-29-23/h2-3,5-6,11-12,14,16,18H,4,7-10,13H2,1H3,(H,29,30). The Kier molecular flexibility index (Phi) is 6.71. The summed E-state index contributed by atoms with van der Waals surface area (Å²) >= 11 is 13.3. The van der Waals surface area contributed by atoms with Gasteiger partial charge in [-0.2, -0.15) is 0 Å². The molecule has 9 heteroatoms. The second-order valence-electron chi connectivity index (χ2n) is 8.94. The van der Waals surface area contributed by atoms with Gasteiger partial charge in [0.05, 0.1) is 19.1 Å². The van der Waals surface area contributed by atoms with E-state index in [-0.39, 0.29) is 17.9 Å². The Morgan fingerprint density at radius 1 is 1.14 bits per heavy atom. The zero-order valence-electron chi connectivity index (χ0n) is 19.2. The molecule has 1 fully saturated rings. The summed E-state index contributed by atoms with van der Waals surface area (Å²) in [4.78, 5) is 34.1. The number of benzene rings is 2. The number of amides is 1. The van der Waals surface area contributed by atoms with E-state index < -0.39 is 6.16 Å². The number of carbonyl (C=O) groups is 2. The van der Waals surface area contributed by atoms with E-state index in [9.17, 15) is 9.59 Å². The van der Waals surface area contributed by atoms with Crippen LogP contribution in [0.3, 0.4) is 0 Å². The predicted molar refractivity (Wildman–Crippen MR) is 133 cm³/mol. The summed E-state index contributed by atoms with van der Waals surface area (Å²) in [7, 11) is 1.25. The number of aromatic nitrogens is 2. The lowest BCUT2D eigenvalue weighted by atomic mass is 9.94. The topological polar surface area (TPSA) is 84.5 Å². The molecule has 2 atom stereocenters. The van der Waals surface area contributed by atoms with Crippen LogP contribution < -0.4 is 4.74 Å². The molecule has 2 heterocycles. The van der Waals surface area contributed by atoms with Crippen LogP contribution in [0.1, 0.15) is 29.8 Å². The van der Waals surface area contributed by atoms with Gasteiger partial charge < -0.3 is 19.4 Å². The minimum absolute atomic E-state index is 0.131. The van der Waals surface area contributed by atoms with E-state index in [1.54, 1.807) is 18.5 Å². The molecule has 0 bridgehead atoms. The van der Waals surface area contributed by atoms with Crippen molar-refractivity contribution >= 4 is 35.3 Å². The minimum atomic E-state index is -0.775. The SMILES string of the molecule is COC(=O)Oc1ccc(-c2cc(Cl)c(CC3CCN(C4CCc5nc[nH]c5C4)C3=O)c(Cl)c2)cc1. The number of nitrogens with zero attached hydrogens (tertiary/aromatic N) is 2. The van der Waals surface area contributed by atoms with Crippen LogP contribution in [0.15, 0.2) is 42.7 Å². The van der Waals surface area contributed by atoms with Gasteiger partial charge in [0.1, 0.15) is 5.75 Å². The van der Waals surface area contributed by atoms with Crippen LogP contribution in [0.2, 0.25) is 10.0 Å². The van der Waals surface area contributed by atoms with Crippen LogP contribution in [0.25, 0.3) is 11.1 Å². The Morgan fingerprint density at radius 3 is 2.60 bits per heavy atom. The average molecular weight is 514 g/mol. The first-order valence-corrected chi connectivity index (χ1v) is 12.3. The van der Waals surface area contributed by atoms with Crippen LogP contribution in [0.4, 0.5) is 4.79 Å². The molecule has 1 aliphatic carbocycles. The van der Waals surface area contributed by atoms with Crippen molar-refractivity contribution in [2.24, 2.45) is 5.92 Å². The molecule has 2 unspecified atom stereocenters. The van der Waals surface area contributed by atoms with Crippen LogP contribution >= 0.6 is 23.2 Å². The van der Waals surface area contributed by atoms with Crippen molar-refractivity contribution in [3.8, 4) is 16.9 Å². The van der Waals surface area contributed by atoms with E-state index in [0.717, 1.165) is 60.3 Å². The Bertz CT molecular complexity index is 1230. The number of H-pyrrole nitrogens is 1. The highest BCUT2D eigenvalue weighted by Gasteiger charge is 2.38. The fourth-order valence-corrected chi connectivity index (χ4v) is 5.67. The number of ether oxygens (including phenoxy) is 2. The van der Waals surface area contributed by atoms with Gasteiger partial charge in [0.25, 0.3) is 0 Å². The van der Waals surface area contributed by atoms with E-state index in [2.05, 4.69) is 14.7 Å². The largest absolute Gasteiger partial charge is 0.513 e. The van der Waals surface area contributed by atoms with Gasteiger partial charge in [0.15, 0.2) is 0 Å². The summed E-state index contributed by atoms with van der Waals surface area (Å²) < 4.78 is 9.52. The first kappa shape index (κ1) is 23.7. The highest BCUT2D eigenvalue weighted by molar-refractivity contribution is 6.36. The van der Waals surface area contributed by atoms with Crippen molar-refractivity contribution in [1.82, 2.24) is 14.9 Å². The first-order valence-electron chi connectivity index (χ1n) is 11.6.